The van der Waals surface area contributed by atoms with Gasteiger partial charge < -0.3 is 0 Å². The summed E-state index contributed by atoms with van der Waals surface area (Å²) < 4.78 is 0. The van der Waals surface area contributed by atoms with Gasteiger partial charge in [-0.05, 0) is 224 Å². The predicted molar refractivity (Wildman–Crippen MR) is 531 cm³/mol. The molecule has 0 bridgehead atoms. The molecule has 14 aromatic heterocycles. The van der Waals surface area contributed by atoms with E-state index in [2.05, 4.69) is 262 Å². The van der Waals surface area contributed by atoms with E-state index in [9.17, 15) is 0 Å². The summed E-state index contributed by atoms with van der Waals surface area (Å²) in [4.78, 5) is 126. The molecule has 0 aliphatic heterocycles. The largest absolute Gasteiger partial charge is 0.253 e. The molecule has 26 aromatic rings. The minimum atomic E-state index is 0.503. The van der Waals surface area contributed by atoms with Crippen LogP contribution in [0.1, 0.15) is 0 Å². The zero-order valence-electron chi connectivity index (χ0n) is 72.5. The summed E-state index contributed by atoms with van der Waals surface area (Å²) in [6, 6.07) is 101. The molecule has 28 nitrogen and oxygen atoms in total. The second-order valence-electron chi connectivity index (χ2n) is 31.8. The lowest BCUT2D eigenvalue weighted by molar-refractivity contribution is 1.05. The summed E-state index contributed by atoms with van der Waals surface area (Å²) in [5.74, 6) is 7.71. The van der Waals surface area contributed by atoms with E-state index in [1.807, 2.05) is 146 Å². The van der Waals surface area contributed by atoms with Crippen LogP contribution in [0, 0.1) is 0 Å². The Labute approximate surface area is 783 Å². The van der Waals surface area contributed by atoms with Crippen molar-refractivity contribution in [1.82, 2.24) is 140 Å². The Bertz CT molecular complexity index is 8520. The van der Waals surface area contributed by atoms with E-state index in [1.54, 1.807) is 43.4 Å². The third kappa shape index (κ3) is 15.9. The number of fused-ring (bicyclic) bond motifs is 18. The van der Waals surface area contributed by atoms with E-state index in [4.69, 9.17) is 34.9 Å². The van der Waals surface area contributed by atoms with Crippen LogP contribution < -0.4 is 0 Å². The van der Waals surface area contributed by atoms with E-state index in [1.165, 1.54) is 49.7 Å². The normalized spacial score (nSPS) is 11.3. The van der Waals surface area contributed by atoms with Gasteiger partial charge in [-0.25, -0.2) is 105 Å². The first kappa shape index (κ1) is 81.3. The number of rotatable bonds is 14. The highest BCUT2D eigenvalue weighted by Gasteiger charge is 2.22. The van der Waals surface area contributed by atoms with Crippen LogP contribution >= 0.6 is 0 Å². The van der Waals surface area contributed by atoms with Gasteiger partial charge in [-0.1, -0.05) is 176 Å². The SMILES string of the molecule is c1ccc(-c2ncnc(-c3ccc4c(c3)c3ccc(-c5ncnc(-c6ccccn6)n5)cc3c3ccc(-c5ncnc(-c6ccccn6)n5)cc43)n2)nc1.c1ccc(-c2ncnc(-c3ccc4c(c3)c3ccccc3c3ccc(-c5ncnc(-c6ccccn6)n5)cc34)n2)nc1.c1ccc(-c2ncnc(-c3ccc4c5ccc(-c6ncnc(-c7ccccn7)n6)cc5c5ccccc5c4c3)n2)nc1. The second kappa shape index (κ2) is 35.8. The van der Waals surface area contributed by atoms with Crippen molar-refractivity contribution in [1.29, 1.82) is 0 Å². The monoisotopic (exact) mass is 1780 g/mol. The molecule has 0 aliphatic carbocycles. The maximum atomic E-state index is 4.80. The molecule has 0 amide bonds. The van der Waals surface area contributed by atoms with E-state index in [-0.39, 0.29) is 0 Å². The Balaban J connectivity index is 0.000000114. The standard InChI is InChI=1S/C42H24N12.2C34H20N8/c1-4-16-43-34(7-1)40-49-22-46-37(52-40)25-10-13-28-31(19-25)29-14-11-26(38-47-23-50-41(53-38)35-8-2-5-17-44-35)21-33(29)30-15-12-27(20-32(28)30)39-48-24-51-42(54-39)36-9-3-6-18-45-36;1-2-8-24-23(7-1)25-13-11-21(31-37-19-39-33(41-31)29-9-3-5-15-35-29)18-28(25)26-14-12-22(17-27(24)26)32-38-20-40-34(42-32)30-10-4-6-16-36-30;1-2-8-24-23(7-1)27-17-21(31-37-19-39-33(41-31)29-9-3-5-15-35-29)11-13-25(27)26-14-12-22(18-28(24)26)32-38-20-40-34(42-32)30-10-4-6-16-36-30/h1-24H;2*1-20H. The molecule has 644 valence electrons. The molecule has 0 N–H and O–H groups in total. The van der Waals surface area contributed by atoms with Crippen molar-refractivity contribution in [2.75, 3.05) is 0 Å². The van der Waals surface area contributed by atoms with E-state index in [0.717, 1.165) is 131 Å². The molecule has 0 saturated carbocycles. The van der Waals surface area contributed by atoms with Crippen LogP contribution in [0.5, 0.6) is 0 Å². The Morgan fingerprint density at radius 2 is 0.232 bits per heavy atom. The van der Waals surface area contributed by atoms with Gasteiger partial charge in [-0.3, -0.25) is 34.9 Å². The van der Waals surface area contributed by atoms with Crippen molar-refractivity contribution >= 4 is 97.0 Å². The maximum absolute atomic E-state index is 4.80. The lowest BCUT2D eigenvalue weighted by Crippen LogP contribution is -1.97. The molecule has 0 spiro atoms. The van der Waals surface area contributed by atoms with Gasteiger partial charge in [0.15, 0.2) is 81.5 Å². The van der Waals surface area contributed by atoms with E-state index < -0.39 is 0 Å². The van der Waals surface area contributed by atoms with Gasteiger partial charge in [-0.2, -0.15) is 0 Å². The first-order chi connectivity index (χ1) is 68.4. The van der Waals surface area contributed by atoms with Gasteiger partial charge in [0.1, 0.15) is 84.1 Å². The van der Waals surface area contributed by atoms with Crippen molar-refractivity contribution in [3.05, 3.63) is 391 Å². The molecule has 0 fully saturated rings. The van der Waals surface area contributed by atoms with Crippen molar-refractivity contribution in [3.8, 4) is 160 Å². The zero-order chi connectivity index (χ0) is 91.6. The van der Waals surface area contributed by atoms with Crippen molar-refractivity contribution in [2.45, 2.75) is 0 Å². The number of hydrogen-bond acceptors (Lipinski definition) is 28. The Kier molecular flexibility index (Phi) is 21.1. The molecule has 0 unspecified atom stereocenters. The third-order valence-electron chi connectivity index (χ3n) is 23.7. The fraction of sp³-hybridized carbons (Fsp3) is 0. The average Bonchev–Trinajstić information content (AvgIpc) is 0.743. The first-order valence-electron chi connectivity index (χ1n) is 43.8. The zero-order valence-corrected chi connectivity index (χ0v) is 72.5. The van der Waals surface area contributed by atoms with Gasteiger partial charge in [0.05, 0.1) is 0 Å². The highest BCUT2D eigenvalue weighted by atomic mass is 15.1. The molecule has 12 aromatic carbocycles. The van der Waals surface area contributed by atoms with Crippen LogP contribution in [0.4, 0.5) is 0 Å². The minimum Gasteiger partial charge on any atom is -0.253 e. The molecule has 0 saturated heterocycles. The number of hydrogen-bond donors (Lipinski definition) is 0. The lowest BCUT2D eigenvalue weighted by Gasteiger charge is -2.14. The summed E-state index contributed by atoms with van der Waals surface area (Å²) in [5.41, 5.74) is 11.0. The van der Waals surface area contributed by atoms with Crippen LogP contribution in [0.3, 0.4) is 0 Å². The lowest BCUT2D eigenvalue weighted by atomic mass is 9.91. The van der Waals surface area contributed by atoms with Crippen molar-refractivity contribution in [2.24, 2.45) is 0 Å². The van der Waals surface area contributed by atoms with E-state index in [0.29, 0.717) is 121 Å². The second-order valence-corrected chi connectivity index (χ2v) is 31.8. The summed E-state index contributed by atoms with van der Waals surface area (Å²) in [7, 11) is 0. The topological polar surface area (TPSA) is 361 Å². The van der Waals surface area contributed by atoms with Gasteiger partial charge in [-0.15, -0.1) is 0 Å². The quantitative estimate of drug-likeness (QED) is 0.0912. The van der Waals surface area contributed by atoms with Crippen LogP contribution in [0.15, 0.2) is 391 Å². The van der Waals surface area contributed by atoms with Crippen LogP contribution in [0.2, 0.25) is 0 Å². The Hall–Kier alpha value is -19.9. The smallest absolute Gasteiger partial charge is 0.181 e. The first-order valence-corrected chi connectivity index (χ1v) is 43.8. The molecule has 138 heavy (non-hydrogen) atoms. The summed E-state index contributed by atoms with van der Waals surface area (Å²) in [6.07, 6.45) is 22.8. The molecule has 14 heterocycles. The molecule has 28 heteroatoms. The molecule has 0 atom stereocenters. The third-order valence-corrected chi connectivity index (χ3v) is 23.7. The number of pyridine rings is 7. The van der Waals surface area contributed by atoms with Gasteiger partial charge in [0, 0.05) is 82.3 Å². The van der Waals surface area contributed by atoms with Gasteiger partial charge >= 0.3 is 0 Å². The molecule has 0 aliphatic rings. The highest BCUT2D eigenvalue weighted by molar-refractivity contribution is 6.29. The fourth-order valence-corrected chi connectivity index (χ4v) is 17.3. The Morgan fingerprint density at radius 3 is 0.384 bits per heavy atom. The molecular weight excluding hydrogens is 1710 g/mol. The summed E-state index contributed by atoms with van der Waals surface area (Å²) in [6.45, 7) is 0. The Morgan fingerprint density at radius 1 is 0.101 bits per heavy atom. The van der Waals surface area contributed by atoms with Crippen molar-refractivity contribution in [3.63, 3.8) is 0 Å². The van der Waals surface area contributed by atoms with Gasteiger partial charge in [0.25, 0.3) is 0 Å². The number of benzene rings is 12. The maximum Gasteiger partial charge on any atom is 0.181 e. The number of nitrogens with zero attached hydrogens (tertiary/aromatic N) is 28. The average molecular weight is 1780 g/mol. The molecular formula is C110H64N28. The summed E-state index contributed by atoms with van der Waals surface area (Å²) in [5, 5.41) is 19.8. The summed E-state index contributed by atoms with van der Waals surface area (Å²) >= 11 is 0. The minimum absolute atomic E-state index is 0.503. The highest BCUT2D eigenvalue weighted by Crippen LogP contribution is 2.44. The van der Waals surface area contributed by atoms with Crippen LogP contribution in [-0.4, -0.2) is 140 Å². The predicted octanol–water partition coefficient (Wildman–Crippen LogP) is 21.8. The van der Waals surface area contributed by atoms with Gasteiger partial charge in [0.2, 0.25) is 0 Å². The molecule has 0 radical (unpaired) electrons. The number of aromatic nitrogens is 28. The van der Waals surface area contributed by atoms with Crippen LogP contribution in [0.25, 0.3) is 257 Å². The van der Waals surface area contributed by atoms with Crippen molar-refractivity contribution < 1.29 is 0 Å². The van der Waals surface area contributed by atoms with Crippen LogP contribution in [-0.2, 0) is 0 Å². The molecule has 26 rings (SSSR count). The van der Waals surface area contributed by atoms with E-state index >= 15 is 0 Å². The fourth-order valence-electron chi connectivity index (χ4n) is 17.3.